The maximum atomic E-state index is 5.58. The molecule has 0 aromatic heterocycles. The minimum absolute atomic E-state index is 0.232. The summed E-state index contributed by atoms with van der Waals surface area (Å²) in [6.07, 6.45) is 1.19. The molecule has 0 amide bonds. The molecule has 1 fully saturated rings. The topological polar surface area (TPSA) is 21.3 Å². The highest BCUT2D eigenvalue weighted by atomic mass is 16.5. The first-order chi connectivity index (χ1) is 8.64. The van der Waals surface area contributed by atoms with Crippen LogP contribution in [0.15, 0.2) is 18.2 Å². The van der Waals surface area contributed by atoms with Crippen molar-refractivity contribution in [1.29, 1.82) is 0 Å². The molecule has 2 heteroatoms. The number of ether oxygens (including phenoxy) is 1. The summed E-state index contributed by atoms with van der Waals surface area (Å²) in [5.41, 5.74) is 4.47. The van der Waals surface area contributed by atoms with Gasteiger partial charge in [0.2, 0.25) is 0 Å². The van der Waals surface area contributed by atoms with E-state index in [-0.39, 0.29) is 5.41 Å². The zero-order valence-electron chi connectivity index (χ0n) is 12.0. The lowest BCUT2D eigenvalue weighted by molar-refractivity contribution is -0.0912. The van der Waals surface area contributed by atoms with Crippen LogP contribution in [0.4, 0.5) is 0 Å². The van der Waals surface area contributed by atoms with Gasteiger partial charge in [0.1, 0.15) is 0 Å². The van der Waals surface area contributed by atoms with Crippen LogP contribution in [-0.4, -0.2) is 26.8 Å². The van der Waals surface area contributed by atoms with E-state index < -0.39 is 0 Å². The first kappa shape index (κ1) is 13.6. The SMILES string of the molecule is CCC(CNC)C1(c2ccc(C)cc2C)COC1. The monoisotopic (exact) mass is 247 g/mol. The minimum Gasteiger partial charge on any atom is -0.379 e. The van der Waals surface area contributed by atoms with Gasteiger partial charge < -0.3 is 10.1 Å². The maximum Gasteiger partial charge on any atom is 0.0588 e. The van der Waals surface area contributed by atoms with Gasteiger partial charge in [0.05, 0.1) is 13.2 Å². The summed E-state index contributed by atoms with van der Waals surface area (Å²) in [4.78, 5) is 0. The molecule has 2 rings (SSSR count). The van der Waals surface area contributed by atoms with Crippen LogP contribution in [0, 0.1) is 19.8 Å². The molecule has 0 saturated carbocycles. The average Bonchev–Trinajstić information content (AvgIpc) is 2.28. The molecule has 1 aromatic rings. The Balaban J connectivity index is 2.36. The molecule has 0 radical (unpaired) electrons. The van der Waals surface area contributed by atoms with Crippen molar-refractivity contribution in [3.8, 4) is 0 Å². The minimum atomic E-state index is 0.232. The molecule has 1 saturated heterocycles. The van der Waals surface area contributed by atoms with Gasteiger partial charge in [-0.1, -0.05) is 37.1 Å². The smallest absolute Gasteiger partial charge is 0.0588 e. The molecule has 1 aromatic carbocycles. The van der Waals surface area contributed by atoms with Gasteiger partial charge in [0.15, 0.2) is 0 Å². The van der Waals surface area contributed by atoms with E-state index >= 15 is 0 Å². The third-order valence-electron chi connectivity index (χ3n) is 4.36. The molecule has 1 unspecified atom stereocenters. The van der Waals surface area contributed by atoms with Crippen molar-refractivity contribution in [3.05, 3.63) is 34.9 Å². The number of aryl methyl sites for hydroxylation is 2. The standard InChI is InChI=1S/C16H25NO/c1-5-14(9-17-4)16(10-18-11-16)15-7-6-12(2)8-13(15)3/h6-8,14,17H,5,9-11H2,1-4H3. The molecule has 0 bridgehead atoms. The normalized spacial score (nSPS) is 19.3. The highest BCUT2D eigenvalue weighted by molar-refractivity contribution is 5.39. The number of hydrogen-bond donors (Lipinski definition) is 1. The number of rotatable bonds is 5. The second-order valence-electron chi connectivity index (χ2n) is 5.63. The predicted molar refractivity (Wildman–Crippen MR) is 76.1 cm³/mol. The summed E-state index contributed by atoms with van der Waals surface area (Å²) in [5, 5.41) is 3.34. The van der Waals surface area contributed by atoms with Crippen molar-refractivity contribution in [3.63, 3.8) is 0 Å². The van der Waals surface area contributed by atoms with Gasteiger partial charge in [-0.15, -0.1) is 0 Å². The van der Waals surface area contributed by atoms with Gasteiger partial charge in [0, 0.05) is 5.41 Å². The van der Waals surface area contributed by atoms with Crippen molar-refractivity contribution in [2.24, 2.45) is 5.92 Å². The Morgan fingerprint density at radius 3 is 2.50 bits per heavy atom. The molecule has 1 heterocycles. The summed E-state index contributed by atoms with van der Waals surface area (Å²) in [6, 6.07) is 6.83. The van der Waals surface area contributed by atoms with E-state index in [1.807, 2.05) is 7.05 Å². The first-order valence-electron chi connectivity index (χ1n) is 6.94. The highest BCUT2D eigenvalue weighted by Crippen LogP contribution is 2.42. The Bertz CT molecular complexity index is 410. The van der Waals surface area contributed by atoms with E-state index in [9.17, 15) is 0 Å². The predicted octanol–water partition coefficient (Wildman–Crippen LogP) is 2.82. The molecular formula is C16H25NO. The van der Waals surface area contributed by atoms with Crippen LogP contribution in [-0.2, 0) is 10.2 Å². The number of benzene rings is 1. The summed E-state index contributed by atoms with van der Waals surface area (Å²) in [7, 11) is 2.04. The Labute approximate surface area is 111 Å². The second kappa shape index (κ2) is 5.41. The van der Waals surface area contributed by atoms with Crippen LogP contribution in [0.2, 0.25) is 0 Å². The van der Waals surface area contributed by atoms with E-state index in [0.29, 0.717) is 5.92 Å². The lowest BCUT2D eigenvalue weighted by atomic mass is 9.66. The summed E-state index contributed by atoms with van der Waals surface area (Å²) < 4.78 is 5.58. The maximum absolute atomic E-state index is 5.58. The van der Waals surface area contributed by atoms with Crippen molar-refractivity contribution in [2.45, 2.75) is 32.6 Å². The van der Waals surface area contributed by atoms with E-state index in [1.165, 1.54) is 23.1 Å². The number of hydrogen-bond acceptors (Lipinski definition) is 2. The molecule has 2 nitrogen and oxygen atoms in total. The van der Waals surface area contributed by atoms with Crippen LogP contribution < -0.4 is 5.32 Å². The Morgan fingerprint density at radius 2 is 2.06 bits per heavy atom. The second-order valence-corrected chi connectivity index (χ2v) is 5.63. The van der Waals surface area contributed by atoms with Crippen LogP contribution in [0.1, 0.15) is 30.0 Å². The highest BCUT2D eigenvalue weighted by Gasteiger charge is 2.46. The molecule has 18 heavy (non-hydrogen) atoms. The first-order valence-corrected chi connectivity index (χ1v) is 6.94. The lowest BCUT2D eigenvalue weighted by Gasteiger charge is -2.48. The summed E-state index contributed by atoms with van der Waals surface area (Å²) >= 11 is 0. The molecule has 1 aliphatic rings. The van der Waals surface area contributed by atoms with Crippen molar-refractivity contribution < 1.29 is 4.74 Å². The van der Waals surface area contributed by atoms with Gasteiger partial charge in [-0.3, -0.25) is 0 Å². The van der Waals surface area contributed by atoms with Crippen LogP contribution >= 0.6 is 0 Å². The molecule has 0 aliphatic carbocycles. The van der Waals surface area contributed by atoms with E-state index in [0.717, 1.165) is 19.8 Å². The summed E-state index contributed by atoms with van der Waals surface area (Å²) in [5.74, 6) is 0.651. The van der Waals surface area contributed by atoms with Crippen LogP contribution in [0.25, 0.3) is 0 Å². The largest absolute Gasteiger partial charge is 0.379 e. The summed E-state index contributed by atoms with van der Waals surface area (Å²) in [6.45, 7) is 9.48. The zero-order valence-corrected chi connectivity index (χ0v) is 12.0. The fourth-order valence-electron chi connectivity index (χ4n) is 3.28. The van der Waals surface area contributed by atoms with Gasteiger partial charge in [-0.25, -0.2) is 0 Å². The molecule has 1 N–H and O–H groups in total. The lowest BCUT2D eigenvalue weighted by Crippen LogP contribution is -2.55. The van der Waals surface area contributed by atoms with Crippen LogP contribution in [0.5, 0.6) is 0 Å². The van der Waals surface area contributed by atoms with Gasteiger partial charge in [0.25, 0.3) is 0 Å². The molecule has 100 valence electrons. The zero-order chi connectivity index (χ0) is 13.2. The third kappa shape index (κ3) is 2.19. The molecule has 1 atom stereocenters. The van der Waals surface area contributed by atoms with Gasteiger partial charge in [-0.2, -0.15) is 0 Å². The van der Waals surface area contributed by atoms with Crippen LogP contribution in [0.3, 0.4) is 0 Å². The van der Waals surface area contributed by atoms with E-state index in [4.69, 9.17) is 4.74 Å². The fraction of sp³-hybridized carbons (Fsp3) is 0.625. The van der Waals surface area contributed by atoms with E-state index in [2.05, 4.69) is 44.3 Å². The Kier molecular flexibility index (Phi) is 4.08. The fourth-order valence-corrected chi connectivity index (χ4v) is 3.28. The van der Waals surface area contributed by atoms with Crippen molar-refractivity contribution in [2.75, 3.05) is 26.8 Å². The molecule has 1 aliphatic heterocycles. The van der Waals surface area contributed by atoms with Crippen molar-refractivity contribution >= 4 is 0 Å². The third-order valence-corrected chi connectivity index (χ3v) is 4.36. The Morgan fingerprint density at radius 1 is 1.33 bits per heavy atom. The van der Waals surface area contributed by atoms with Gasteiger partial charge >= 0.3 is 0 Å². The average molecular weight is 247 g/mol. The number of nitrogens with one attached hydrogen (secondary N) is 1. The molecule has 0 spiro atoms. The van der Waals surface area contributed by atoms with E-state index in [1.54, 1.807) is 0 Å². The van der Waals surface area contributed by atoms with Gasteiger partial charge in [-0.05, 0) is 44.5 Å². The Hall–Kier alpha value is -0.860. The van der Waals surface area contributed by atoms with Crippen molar-refractivity contribution in [1.82, 2.24) is 5.32 Å². The molecular weight excluding hydrogens is 222 g/mol. The quantitative estimate of drug-likeness (QED) is 0.864.